The van der Waals surface area contributed by atoms with Gasteiger partial charge >= 0.3 is 11.9 Å². The Kier molecular flexibility index (Phi) is 6.55. The fraction of sp³-hybridized carbons (Fsp3) is 0.714. The maximum atomic E-state index is 11.8. The van der Waals surface area contributed by atoms with Gasteiger partial charge in [0.2, 0.25) is 0 Å². The lowest BCUT2D eigenvalue weighted by molar-refractivity contribution is -0.148. The molecule has 0 aromatic rings. The van der Waals surface area contributed by atoms with E-state index in [1.54, 1.807) is 20.8 Å². The number of methoxy groups -OCH3 is 2. The van der Waals surface area contributed by atoms with Gasteiger partial charge in [-0.1, -0.05) is 13.8 Å². The highest BCUT2D eigenvalue weighted by atomic mass is 16.5. The molecule has 20 heavy (non-hydrogen) atoms. The van der Waals surface area contributed by atoms with Gasteiger partial charge in [-0.25, -0.2) is 4.99 Å². The molecule has 2 atom stereocenters. The summed E-state index contributed by atoms with van der Waals surface area (Å²) in [7, 11) is 2.58. The molecule has 0 aliphatic carbocycles. The van der Waals surface area contributed by atoms with E-state index in [0.717, 1.165) is 0 Å². The van der Waals surface area contributed by atoms with Crippen molar-refractivity contribution >= 4 is 24.0 Å². The summed E-state index contributed by atoms with van der Waals surface area (Å²) in [5.74, 6) is -1.07. The first-order valence-electron chi connectivity index (χ1n) is 6.52. The molecule has 0 aliphatic heterocycles. The fourth-order valence-electron chi connectivity index (χ4n) is 1.50. The molecular weight excluding hydrogens is 260 g/mol. The van der Waals surface area contributed by atoms with Crippen molar-refractivity contribution in [1.82, 2.24) is 0 Å². The number of amidine groups is 1. The zero-order valence-electron chi connectivity index (χ0n) is 13.1. The molecule has 0 aromatic carbocycles. The van der Waals surface area contributed by atoms with Crippen molar-refractivity contribution in [2.24, 2.45) is 15.8 Å². The Bertz CT molecular complexity index is 419. The molecular formula is C14H24N2O4. The highest BCUT2D eigenvalue weighted by Gasteiger charge is 2.38. The second kappa shape index (κ2) is 7.17. The van der Waals surface area contributed by atoms with E-state index in [-0.39, 0.29) is 5.84 Å². The highest BCUT2D eigenvalue weighted by Crippen LogP contribution is 2.26. The normalized spacial score (nSPS) is 17.1. The fourth-order valence-corrected chi connectivity index (χ4v) is 1.50. The third kappa shape index (κ3) is 3.65. The minimum absolute atomic E-state index is 0.129. The second-order valence-corrected chi connectivity index (χ2v) is 5.05. The van der Waals surface area contributed by atoms with Gasteiger partial charge in [0, 0.05) is 6.21 Å². The Morgan fingerprint density at radius 3 is 1.95 bits per heavy atom. The molecule has 0 heterocycles. The lowest BCUT2D eigenvalue weighted by atomic mass is 9.85. The first-order chi connectivity index (χ1) is 9.21. The Labute approximate surface area is 120 Å². The van der Waals surface area contributed by atoms with Crippen LogP contribution in [0, 0.1) is 16.2 Å². The minimum atomic E-state index is -1.12. The summed E-state index contributed by atoms with van der Waals surface area (Å²) in [5.41, 5.74) is -2.03. The summed E-state index contributed by atoms with van der Waals surface area (Å²) >= 11 is 0. The summed E-state index contributed by atoms with van der Waals surface area (Å²) in [6.45, 7) is 6.88. The summed E-state index contributed by atoms with van der Waals surface area (Å²) < 4.78 is 9.44. The number of nitrogens with zero attached hydrogens (tertiary/aromatic N) is 1. The summed E-state index contributed by atoms with van der Waals surface area (Å²) in [5, 5.41) is 7.98. The van der Waals surface area contributed by atoms with Gasteiger partial charge in [-0.15, -0.1) is 0 Å². The van der Waals surface area contributed by atoms with Gasteiger partial charge in [-0.3, -0.25) is 15.0 Å². The van der Waals surface area contributed by atoms with E-state index in [9.17, 15) is 9.59 Å². The van der Waals surface area contributed by atoms with Crippen LogP contribution in [0.25, 0.3) is 0 Å². The van der Waals surface area contributed by atoms with Crippen molar-refractivity contribution in [3.05, 3.63) is 0 Å². The molecule has 0 fully saturated rings. The molecule has 6 heteroatoms. The topological polar surface area (TPSA) is 88.8 Å². The molecule has 2 unspecified atom stereocenters. The summed E-state index contributed by atoms with van der Waals surface area (Å²) in [6.07, 6.45) is 2.24. The molecule has 0 radical (unpaired) electrons. The molecule has 0 rings (SSSR count). The van der Waals surface area contributed by atoms with Gasteiger partial charge < -0.3 is 9.47 Å². The van der Waals surface area contributed by atoms with E-state index in [4.69, 9.17) is 14.9 Å². The van der Waals surface area contributed by atoms with E-state index < -0.39 is 22.8 Å². The summed E-state index contributed by atoms with van der Waals surface area (Å²) in [6, 6.07) is 0. The molecule has 0 aliphatic rings. The number of carbonyl (C=O) groups is 2. The number of hydrogen-bond acceptors (Lipinski definition) is 5. The smallest absolute Gasteiger partial charge is 0.319 e. The van der Waals surface area contributed by atoms with Crippen LogP contribution in [-0.4, -0.2) is 38.2 Å². The Morgan fingerprint density at radius 1 is 1.10 bits per heavy atom. The third-order valence-corrected chi connectivity index (χ3v) is 3.73. The van der Waals surface area contributed by atoms with E-state index in [2.05, 4.69) is 4.99 Å². The number of esters is 2. The predicted molar refractivity (Wildman–Crippen MR) is 77.0 cm³/mol. The van der Waals surface area contributed by atoms with Gasteiger partial charge in [0.1, 0.15) is 16.7 Å². The maximum Gasteiger partial charge on any atom is 0.319 e. The SMILES string of the molecule is CCC(C)(C=NC(=N)C(C)(CC)C(=O)OC)C(=O)OC. The molecule has 1 N–H and O–H groups in total. The van der Waals surface area contributed by atoms with Gasteiger partial charge in [-0.2, -0.15) is 0 Å². The number of rotatable bonds is 6. The van der Waals surface area contributed by atoms with Crippen LogP contribution in [-0.2, 0) is 19.1 Å². The lowest BCUT2D eigenvalue weighted by Gasteiger charge is -2.24. The molecule has 6 nitrogen and oxygen atoms in total. The van der Waals surface area contributed by atoms with Crippen molar-refractivity contribution in [2.45, 2.75) is 40.5 Å². The first-order valence-corrected chi connectivity index (χ1v) is 6.52. The van der Waals surface area contributed by atoms with Crippen LogP contribution in [0.2, 0.25) is 0 Å². The number of ether oxygens (including phenoxy) is 2. The highest BCUT2D eigenvalue weighted by molar-refractivity contribution is 6.08. The van der Waals surface area contributed by atoms with E-state index >= 15 is 0 Å². The average molecular weight is 284 g/mol. The van der Waals surface area contributed by atoms with E-state index in [1.165, 1.54) is 20.4 Å². The second-order valence-electron chi connectivity index (χ2n) is 5.05. The quantitative estimate of drug-likeness (QED) is 0.460. The van der Waals surface area contributed by atoms with Crippen molar-refractivity contribution in [3.8, 4) is 0 Å². The molecule has 0 bridgehead atoms. The van der Waals surface area contributed by atoms with Crippen LogP contribution >= 0.6 is 0 Å². The van der Waals surface area contributed by atoms with Crippen LogP contribution in [0.3, 0.4) is 0 Å². The van der Waals surface area contributed by atoms with Crippen molar-refractivity contribution in [3.63, 3.8) is 0 Å². The maximum absolute atomic E-state index is 11.8. The van der Waals surface area contributed by atoms with Crippen LogP contribution < -0.4 is 0 Å². The largest absolute Gasteiger partial charge is 0.468 e. The van der Waals surface area contributed by atoms with Crippen LogP contribution in [0.1, 0.15) is 40.5 Å². The van der Waals surface area contributed by atoms with Crippen molar-refractivity contribution in [1.29, 1.82) is 5.41 Å². The molecule has 114 valence electrons. The van der Waals surface area contributed by atoms with Crippen molar-refractivity contribution in [2.75, 3.05) is 14.2 Å². The van der Waals surface area contributed by atoms with Gasteiger partial charge in [0.05, 0.1) is 14.2 Å². The number of aliphatic imine (C=N–C) groups is 1. The Morgan fingerprint density at radius 2 is 1.60 bits per heavy atom. The minimum Gasteiger partial charge on any atom is -0.468 e. The first kappa shape index (κ1) is 18.3. The number of carbonyl (C=O) groups excluding carboxylic acids is 2. The molecule has 0 spiro atoms. The van der Waals surface area contributed by atoms with Crippen molar-refractivity contribution < 1.29 is 19.1 Å². The number of hydrogen-bond donors (Lipinski definition) is 1. The van der Waals surface area contributed by atoms with E-state index in [0.29, 0.717) is 12.8 Å². The lowest BCUT2D eigenvalue weighted by Crippen LogP contribution is -2.37. The van der Waals surface area contributed by atoms with Crippen LogP contribution in [0.5, 0.6) is 0 Å². The molecule has 0 saturated heterocycles. The monoisotopic (exact) mass is 284 g/mol. The zero-order chi connectivity index (χ0) is 16.0. The zero-order valence-corrected chi connectivity index (χ0v) is 13.1. The molecule has 0 amide bonds. The Hall–Kier alpha value is -1.72. The van der Waals surface area contributed by atoms with Crippen LogP contribution in [0.15, 0.2) is 4.99 Å². The third-order valence-electron chi connectivity index (χ3n) is 3.73. The van der Waals surface area contributed by atoms with Crippen LogP contribution in [0.4, 0.5) is 0 Å². The summed E-state index contributed by atoms with van der Waals surface area (Å²) in [4.78, 5) is 27.5. The number of nitrogens with one attached hydrogen (secondary N) is 1. The standard InChI is InChI=1S/C14H24N2O4/c1-7-13(3,11(17)19-5)9-16-10(15)14(4,8-2)12(18)20-6/h9,15H,7-8H2,1-6H3. The van der Waals surface area contributed by atoms with Gasteiger partial charge in [0.15, 0.2) is 0 Å². The molecule has 0 saturated carbocycles. The van der Waals surface area contributed by atoms with Gasteiger partial charge in [0.25, 0.3) is 0 Å². The average Bonchev–Trinajstić information content (AvgIpc) is 2.49. The van der Waals surface area contributed by atoms with Gasteiger partial charge in [-0.05, 0) is 26.7 Å². The Balaban J connectivity index is 5.29. The van der Waals surface area contributed by atoms with E-state index in [1.807, 2.05) is 6.92 Å². The predicted octanol–water partition coefficient (Wildman–Crippen LogP) is 2.21. The molecule has 0 aromatic heterocycles.